The van der Waals surface area contributed by atoms with Crippen LogP contribution in [0.4, 0.5) is 0 Å². The normalized spacial score (nSPS) is 17.5. The zero-order valence-corrected chi connectivity index (χ0v) is 11.7. The number of rotatable bonds is 7. The number of carbonyl (C=O) groups excluding carboxylic acids is 1. The zero-order valence-electron chi connectivity index (χ0n) is 11.7. The Morgan fingerprint density at radius 1 is 1.47 bits per heavy atom. The third kappa shape index (κ3) is 4.71. The van der Waals surface area contributed by atoms with E-state index in [0.717, 1.165) is 18.2 Å². The van der Waals surface area contributed by atoms with E-state index in [2.05, 4.69) is 10.6 Å². The number of amides is 1. The van der Waals surface area contributed by atoms with E-state index in [-0.39, 0.29) is 11.9 Å². The molecule has 106 valence electrons. The van der Waals surface area contributed by atoms with Gasteiger partial charge in [-0.1, -0.05) is 25.7 Å². The van der Waals surface area contributed by atoms with Gasteiger partial charge in [-0.05, 0) is 37.9 Å². The van der Waals surface area contributed by atoms with E-state index in [1.807, 2.05) is 19.1 Å². The summed E-state index contributed by atoms with van der Waals surface area (Å²) in [5.74, 6) is 1.68. The Kier molecular flexibility index (Phi) is 5.45. The second kappa shape index (κ2) is 7.34. The molecule has 1 aromatic rings. The molecule has 1 atom stereocenters. The highest BCUT2D eigenvalue weighted by molar-refractivity contribution is 5.81. The number of hydrogen-bond acceptors (Lipinski definition) is 3. The van der Waals surface area contributed by atoms with Crippen molar-refractivity contribution in [1.29, 1.82) is 0 Å². The molecule has 0 aliphatic heterocycles. The van der Waals surface area contributed by atoms with Crippen LogP contribution in [0.1, 0.15) is 44.8 Å². The van der Waals surface area contributed by atoms with Crippen LogP contribution in [0.3, 0.4) is 0 Å². The van der Waals surface area contributed by atoms with Gasteiger partial charge in [0.1, 0.15) is 5.76 Å². The molecule has 19 heavy (non-hydrogen) atoms. The summed E-state index contributed by atoms with van der Waals surface area (Å²) in [5.41, 5.74) is 0. The van der Waals surface area contributed by atoms with Gasteiger partial charge < -0.3 is 15.1 Å². The molecule has 2 rings (SSSR count). The number of nitrogens with one attached hydrogen (secondary N) is 2. The minimum atomic E-state index is -0.142. The highest BCUT2D eigenvalue weighted by Gasteiger charge is 2.16. The van der Waals surface area contributed by atoms with Crippen molar-refractivity contribution in [2.75, 3.05) is 6.54 Å². The van der Waals surface area contributed by atoms with Gasteiger partial charge in [0, 0.05) is 0 Å². The predicted octanol–water partition coefficient (Wildman–Crippen LogP) is 2.45. The molecule has 4 heteroatoms. The maximum absolute atomic E-state index is 11.9. The van der Waals surface area contributed by atoms with Crippen molar-refractivity contribution in [3.05, 3.63) is 24.2 Å². The molecule has 1 fully saturated rings. The first kappa shape index (κ1) is 14.1. The van der Waals surface area contributed by atoms with Gasteiger partial charge in [-0.3, -0.25) is 4.79 Å². The highest BCUT2D eigenvalue weighted by atomic mass is 16.3. The largest absolute Gasteiger partial charge is 0.467 e. The van der Waals surface area contributed by atoms with E-state index in [4.69, 9.17) is 4.42 Å². The lowest BCUT2D eigenvalue weighted by molar-refractivity contribution is -0.123. The highest BCUT2D eigenvalue weighted by Crippen LogP contribution is 2.26. The topological polar surface area (TPSA) is 54.3 Å². The fourth-order valence-corrected chi connectivity index (χ4v) is 2.64. The number of furan rings is 1. The van der Waals surface area contributed by atoms with Crippen LogP contribution in [0, 0.1) is 5.92 Å². The lowest BCUT2D eigenvalue weighted by Crippen LogP contribution is -2.42. The van der Waals surface area contributed by atoms with Gasteiger partial charge in [-0.15, -0.1) is 0 Å². The minimum absolute atomic E-state index is 0.0304. The van der Waals surface area contributed by atoms with Crippen molar-refractivity contribution in [2.24, 2.45) is 5.92 Å². The lowest BCUT2D eigenvalue weighted by atomic mass is 10.0. The Morgan fingerprint density at radius 3 is 2.95 bits per heavy atom. The Labute approximate surface area is 114 Å². The zero-order chi connectivity index (χ0) is 13.5. The van der Waals surface area contributed by atoms with Gasteiger partial charge in [0.2, 0.25) is 5.91 Å². The van der Waals surface area contributed by atoms with Gasteiger partial charge >= 0.3 is 0 Å². The Balaban J connectivity index is 1.59. The summed E-state index contributed by atoms with van der Waals surface area (Å²) in [7, 11) is 0. The van der Waals surface area contributed by atoms with Crippen LogP contribution in [0.2, 0.25) is 0 Å². The third-order valence-corrected chi connectivity index (χ3v) is 3.89. The summed E-state index contributed by atoms with van der Waals surface area (Å²) in [4.78, 5) is 11.9. The summed E-state index contributed by atoms with van der Waals surface area (Å²) in [6, 6.07) is 3.54. The van der Waals surface area contributed by atoms with Gasteiger partial charge in [0.25, 0.3) is 0 Å². The molecule has 1 unspecified atom stereocenters. The predicted molar refractivity (Wildman–Crippen MR) is 74.6 cm³/mol. The van der Waals surface area contributed by atoms with Crippen LogP contribution in [0.15, 0.2) is 22.8 Å². The fourth-order valence-electron chi connectivity index (χ4n) is 2.64. The molecule has 0 spiro atoms. The Bertz CT molecular complexity index is 370. The van der Waals surface area contributed by atoms with Gasteiger partial charge in [-0.2, -0.15) is 0 Å². The molecule has 1 saturated carbocycles. The molecule has 1 aliphatic rings. The minimum Gasteiger partial charge on any atom is -0.467 e. The monoisotopic (exact) mass is 264 g/mol. The number of carbonyl (C=O) groups is 1. The molecular weight excluding hydrogens is 240 g/mol. The first-order valence-electron chi connectivity index (χ1n) is 7.29. The molecule has 1 aliphatic carbocycles. The molecule has 0 aromatic carbocycles. The van der Waals surface area contributed by atoms with E-state index in [1.165, 1.54) is 32.1 Å². The second-order valence-corrected chi connectivity index (χ2v) is 5.41. The molecule has 1 heterocycles. The lowest BCUT2D eigenvalue weighted by Gasteiger charge is -2.15. The van der Waals surface area contributed by atoms with Crippen LogP contribution in [-0.2, 0) is 11.3 Å². The van der Waals surface area contributed by atoms with Crippen molar-refractivity contribution in [2.45, 2.75) is 51.6 Å². The van der Waals surface area contributed by atoms with Crippen LogP contribution in [0.25, 0.3) is 0 Å². The van der Waals surface area contributed by atoms with E-state index in [0.29, 0.717) is 6.54 Å². The Hall–Kier alpha value is -1.29. The van der Waals surface area contributed by atoms with Crippen LogP contribution >= 0.6 is 0 Å². The smallest absolute Gasteiger partial charge is 0.237 e. The van der Waals surface area contributed by atoms with Crippen molar-refractivity contribution in [1.82, 2.24) is 10.6 Å². The SMILES string of the molecule is CC(NCCC1CCCC1)C(=O)NCc1ccco1. The summed E-state index contributed by atoms with van der Waals surface area (Å²) in [6.07, 6.45) is 8.29. The van der Waals surface area contributed by atoms with E-state index >= 15 is 0 Å². The standard InChI is InChI=1S/C15H24N2O2/c1-12(16-9-8-13-5-2-3-6-13)15(18)17-11-14-7-4-10-19-14/h4,7,10,12-13,16H,2-3,5-6,8-9,11H2,1H3,(H,17,18). The van der Waals surface area contributed by atoms with Crippen LogP contribution in [-0.4, -0.2) is 18.5 Å². The molecule has 1 amide bonds. The number of hydrogen-bond donors (Lipinski definition) is 2. The molecular formula is C15H24N2O2. The fraction of sp³-hybridized carbons (Fsp3) is 0.667. The third-order valence-electron chi connectivity index (χ3n) is 3.89. The van der Waals surface area contributed by atoms with Crippen molar-refractivity contribution >= 4 is 5.91 Å². The van der Waals surface area contributed by atoms with E-state index < -0.39 is 0 Å². The molecule has 1 aromatic heterocycles. The molecule has 0 radical (unpaired) electrons. The summed E-state index contributed by atoms with van der Waals surface area (Å²) in [6.45, 7) is 3.30. The van der Waals surface area contributed by atoms with Crippen LogP contribution < -0.4 is 10.6 Å². The second-order valence-electron chi connectivity index (χ2n) is 5.41. The van der Waals surface area contributed by atoms with E-state index in [1.54, 1.807) is 6.26 Å². The average molecular weight is 264 g/mol. The van der Waals surface area contributed by atoms with Crippen molar-refractivity contribution in [3.63, 3.8) is 0 Å². The summed E-state index contributed by atoms with van der Waals surface area (Å²) < 4.78 is 5.18. The molecule has 0 saturated heterocycles. The summed E-state index contributed by atoms with van der Waals surface area (Å²) >= 11 is 0. The first-order valence-corrected chi connectivity index (χ1v) is 7.29. The van der Waals surface area contributed by atoms with E-state index in [9.17, 15) is 4.79 Å². The van der Waals surface area contributed by atoms with Crippen molar-refractivity contribution < 1.29 is 9.21 Å². The molecule has 0 bridgehead atoms. The molecule has 4 nitrogen and oxygen atoms in total. The Morgan fingerprint density at radius 2 is 2.26 bits per heavy atom. The summed E-state index contributed by atoms with van der Waals surface area (Å²) in [5, 5.41) is 6.16. The maximum Gasteiger partial charge on any atom is 0.237 e. The van der Waals surface area contributed by atoms with Crippen LogP contribution in [0.5, 0.6) is 0 Å². The average Bonchev–Trinajstić information content (AvgIpc) is 3.08. The quantitative estimate of drug-likeness (QED) is 0.795. The maximum atomic E-state index is 11.9. The van der Waals surface area contributed by atoms with Gasteiger partial charge in [-0.25, -0.2) is 0 Å². The first-order chi connectivity index (χ1) is 9.25. The van der Waals surface area contributed by atoms with Gasteiger partial charge in [0.05, 0.1) is 18.8 Å². The molecule has 2 N–H and O–H groups in total. The van der Waals surface area contributed by atoms with Crippen molar-refractivity contribution in [3.8, 4) is 0 Å². The van der Waals surface area contributed by atoms with Gasteiger partial charge in [0.15, 0.2) is 0 Å².